The smallest absolute Gasteiger partial charge is 0.334 e. The molecule has 9 heteroatoms. The van der Waals surface area contributed by atoms with Crippen LogP contribution in [0, 0.1) is 5.82 Å². The quantitative estimate of drug-likeness (QED) is 0.389. The molecule has 0 bridgehead atoms. The monoisotopic (exact) mass is 533 g/mol. The number of carbonyl (C=O) groups excluding carboxylic acids is 3. The molecule has 1 aromatic heterocycles. The maximum absolute atomic E-state index is 14.4. The van der Waals surface area contributed by atoms with E-state index >= 15 is 0 Å². The minimum absolute atomic E-state index is 0.0432. The van der Waals surface area contributed by atoms with Gasteiger partial charge in [0.25, 0.3) is 0 Å². The summed E-state index contributed by atoms with van der Waals surface area (Å²) in [5.41, 5.74) is 2.14. The number of pyridine rings is 1. The van der Waals surface area contributed by atoms with Crippen LogP contribution in [0.25, 0.3) is 0 Å². The lowest BCUT2D eigenvalue weighted by atomic mass is 9.87. The number of halogens is 1. The number of benzene rings is 2. The molecular formula is C30H32FN3O5. The molecule has 2 amide bonds. The molecular weight excluding hydrogens is 501 g/mol. The second-order valence-corrected chi connectivity index (χ2v) is 10.4. The third-order valence-electron chi connectivity index (χ3n) is 6.70. The lowest BCUT2D eigenvalue weighted by Crippen LogP contribution is -2.60. The molecule has 0 spiro atoms. The van der Waals surface area contributed by atoms with Crippen LogP contribution in [0.5, 0.6) is 0 Å². The first-order chi connectivity index (χ1) is 18.6. The Balaban J connectivity index is 1.78. The zero-order valence-electron chi connectivity index (χ0n) is 22.5. The maximum atomic E-state index is 14.4. The Labute approximate surface area is 227 Å². The van der Waals surface area contributed by atoms with E-state index in [4.69, 9.17) is 9.47 Å². The molecule has 8 nitrogen and oxygen atoms in total. The highest BCUT2D eigenvalue weighted by atomic mass is 19.1. The fourth-order valence-electron chi connectivity index (χ4n) is 4.40. The van der Waals surface area contributed by atoms with Crippen LogP contribution in [0.2, 0.25) is 0 Å². The maximum Gasteiger partial charge on any atom is 0.334 e. The van der Waals surface area contributed by atoms with Gasteiger partial charge in [-0.25, -0.2) is 18.8 Å². The van der Waals surface area contributed by atoms with E-state index in [9.17, 15) is 18.8 Å². The zero-order chi connectivity index (χ0) is 28.2. The summed E-state index contributed by atoms with van der Waals surface area (Å²) in [7, 11) is 1.26. The highest BCUT2D eigenvalue weighted by Crippen LogP contribution is 2.34. The van der Waals surface area contributed by atoms with Crippen LogP contribution in [0.3, 0.4) is 0 Å². The second-order valence-electron chi connectivity index (χ2n) is 10.4. The minimum Gasteiger partial charge on any atom is -0.467 e. The molecule has 1 aliphatic heterocycles. The molecule has 0 radical (unpaired) electrons. The van der Waals surface area contributed by atoms with Gasteiger partial charge in [0.05, 0.1) is 13.3 Å². The van der Waals surface area contributed by atoms with E-state index in [1.54, 1.807) is 24.3 Å². The van der Waals surface area contributed by atoms with E-state index in [0.717, 1.165) is 23.4 Å². The van der Waals surface area contributed by atoms with Gasteiger partial charge in [0.15, 0.2) is 6.04 Å². The van der Waals surface area contributed by atoms with Gasteiger partial charge in [0, 0.05) is 24.0 Å². The number of carbonyl (C=O) groups is 3. The summed E-state index contributed by atoms with van der Waals surface area (Å²) < 4.78 is 24.9. The molecule has 3 aromatic rings. The van der Waals surface area contributed by atoms with Crippen molar-refractivity contribution in [2.45, 2.75) is 51.3 Å². The van der Waals surface area contributed by atoms with E-state index in [0.29, 0.717) is 18.7 Å². The molecule has 2 aromatic carbocycles. The van der Waals surface area contributed by atoms with Crippen LogP contribution >= 0.6 is 0 Å². The summed E-state index contributed by atoms with van der Waals surface area (Å²) in [6, 6.07) is 14.7. The van der Waals surface area contributed by atoms with Crippen LogP contribution in [-0.4, -0.2) is 47.6 Å². The van der Waals surface area contributed by atoms with Gasteiger partial charge >= 0.3 is 18.0 Å². The van der Waals surface area contributed by atoms with E-state index in [1.807, 2.05) is 30.3 Å². The average Bonchev–Trinajstić information content (AvgIpc) is 2.89. The van der Waals surface area contributed by atoms with Crippen LogP contribution in [0.4, 0.5) is 14.9 Å². The van der Waals surface area contributed by atoms with E-state index in [1.165, 1.54) is 23.1 Å². The second kappa shape index (κ2) is 11.6. The fraction of sp³-hybridized carbons (Fsp3) is 0.333. The van der Waals surface area contributed by atoms with Gasteiger partial charge in [-0.2, -0.15) is 0 Å². The van der Waals surface area contributed by atoms with Crippen molar-refractivity contribution in [3.8, 4) is 0 Å². The zero-order valence-corrected chi connectivity index (χ0v) is 22.5. The Morgan fingerprint density at radius 1 is 1.08 bits per heavy atom. The molecule has 2 unspecified atom stereocenters. The van der Waals surface area contributed by atoms with Gasteiger partial charge in [0.1, 0.15) is 18.5 Å². The number of hydrogen-bond acceptors (Lipinski definition) is 6. The number of aromatic nitrogens is 1. The average molecular weight is 534 g/mol. The van der Waals surface area contributed by atoms with Gasteiger partial charge < -0.3 is 14.4 Å². The van der Waals surface area contributed by atoms with Crippen molar-refractivity contribution in [1.29, 1.82) is 0 Å². The molecule has 2 heterocycles. The number of likely N-dealkylation sites (tertiary alicyclic amines) is 1. The van der Waals surface area contributed by atoms with Crippen molar-refractivity contribution >= 4 is 23.7 Å². The molecule has 39 heavy (non-hydrogen) atoms. The predicted octanol–water partition coefficient (Wildman–Crippen LogP) is 5.18. The molecule has 0 saturated carbocycles. The summed E-state index contributed by atoms with van der Waals surface area (Å²) in [4.78, 5) is 46.5. The van der Waals surface area contributed by atoms with Crippen molar-refractivity contribution in [3.05, 3.63) is 95.6 Å². The molecule has 2 atom stereocenters. The number of rotatable bonds is 7. The molecule has 1 saturated heterocycles. The van der Waals surface area contributed by atoms with Crippen LogP contribution in [0.1, 0.15) is 49.9 Å². The summed E-state index contributed by atoms with van der Waals surface area (Å²) >= 11 is 0. The van der Waals surface area contributed by atoms with Crippen molar-refractivity contribution < 1.29 is 28.2 Å². The number of amides is 2. The number of esters is 2. The number of urea groups is 1. The van der Waals surface area contributed by atoms with Gasteiger partial charge in [0.2, 0.25) is 0 Å². The number of ether oxygens (including phenoxy) is 2. The number of nitrogens with zero attached hydrogens (tertiary/aromatic N) is 3. The molecule has 0 N–H and O–H groups in total. The molecule has 1 aliphatic rings. The van der Waals surface area contributed by atoms with Crippen LogP contribution < -0.4 is 4.90 Å². The van der Waals surface area contributed by atoms with Gasteiger partial charge in [-0.3, -0.25) is 9.88 Å². The van der Waals surface area contributed by atoms with E-state index in [2.05, 4.69) is 25.8 Å². The Morgan fingerprint density at radius 3 is 2.33 bits per heavy atom. The Kier molecular flexibility index (Phi) is 8.28. The number of methoxy groups -OCH3 is 1. The van der Waals surface area contributed by atoms with E-state index < -0.39 is 35.9 Å². The number of anilines is 1. The molecule has 0 aliphatic carbocycles. The molecule has 204 valence electrons. The molecule has 1 fully saturated rings. The van der Waals surface area contributed by atoms with Crippen molar-refractivity contribution in [1.82, 2.24) is 9.88 Å². The Morgan fingerprint density at radius 2 is 1.77 bits per heavy atom. The summed E-state index contributed by atoms with van der Waals surface area (Å²) in [6.45, 7) is 6.44. The first-order valence-electron chi connectivity index (χ1n) is 12.7. The third-order valence-corrected chi connectivity index (χ3v) is 6.70. The largest absolute Gasteiger partial charge is 0.467 e. The van der Waals surface area contributed by atoms with Crippen molar-refractivity contribution in [2.75, 3.05) is 18.6 Å². The summed E-state index contributed by atoms with van der Waals surface area (Å²) in [6.07, 6.45) is 2.78. The van der Waals surface area contributed by atoms with E-state index in [-0.39, 0.29) is 17.6 Å². The van der Waals surface area contributed by atoms with Gasteiger partial charge in [-0.15, -0.1) is 0 Å². The highest BCUT2D eigenvalue weighted by molar-refractivity contribution is 6.01. The highest BCUT2D eigenvalue weighted by Gasteiger charge is 2.44. The topological polar surface area (TPSA) is 89.0 Å². The Hall–Kier alpha value is -4.27. The summed E-state index contributed by atoms with van der Waals surface area (Å²) in [5.74, 6) is -1.98. The third kappa shape index (κ3) is 6.25. The first kappa shape index (κ1) is 27.8. The van der Waals surface area contributed by atoms with Crippen molar-refractivity contribution in [3.63, 3.8) is 0 Å². The van der Waals surface area contributed by atoms with Crippen LogP contribution in [0.15, 0.2) is 73.1 Å². The first-order valence-corrected chi connectivity index (χ1v) is 12.7. The SMILES string of the molecule is COC(=O)C1CCN1C(=O)N(c1ccc(C(C)(C)C)cc1)C(C(=O)OCc1ccccc1)c1cncc(F)c1. The van der Waals surface area contributed by atoms with Gasteiger partial charge in [-0.05, 0) is 41.2 Å². The van der Waals surface area contributed by atoms with Crippen molar-refractivity contribution in [2.24, 2.45) is 0 Å². The number of hydrogen-bond donors (Lipinski definition) is 0. The standard InChI is InChI=1S/C30H32FN3O5/c1-30(2,3)22-10-12-24(13-11-22)34(29(37)33-15-14-25(33)27(35)38-4)26(21-16-23(31)18-32-17-21)28(36)39-19-20-8-6-5-7-9-20/h5-13,16-18,25-26H,14-15,19H2,1-4H3. The van der Waals surface area contributed by atoms with Crippen LogP contribution in [-0.2, 0) is 31.1 Å². The van der Waals surface area contributed by atoms with Gasteiger partial charge in [-0.1, -0.05) is 63.2 Å². The minimum atomic E-state index is -1.37. The Bertz CT molecular complexity index is 1320. The normalized spacial score (nSPS) is 15.6. The fourth-order valence-corrected chi connectivity index (χ4v) is 4.40. The predicted molar refractivity (Wildman–Crippen MR) is 143 cm³/mol. The lowest BCUT2D eigenvalue weighted by molar-refractivity contribution is -0.149. The lowest BCUT2D eigenvalue weighted by Gasteiger charge is -2.43. The molecule has 4 rings (SSSR count). The summed E-state index contributed by atoms with van der Waals surface area (Å²) in [5, 5.41) is 0.